The number of urea groups is 1. The molecule has 63 heavy (non-hydrogen) atoms. The molecule has 8 N–H and O–H groups in total. The zero-order chi connectivity index (χ0) is 46.6. The second-order valence-electron chi connectivity index (χ2n) is 16.1. The fourth-order valence-electron chi connectivity index (χ4n) is 7.05. The van der Waals surface area contributed by atoms with E-state index in [2.05, 4.69) is 31.9 Å². The molecule has 8 atom stereocenters. The lowest BCUT2D eigenvalue weighted by atomic mass is 9.96. The van der Waals surface area contributed by atoms with Crippen LogP contribution in [0.3, 0.4) is 0 Å². The van der Waals surface area contributed by atoms with Gasteiger partial charge in [0, 0.05) is 20.5 Å². The van der Waals surface area contributed by atoms with Gasteiger partial charge in [-0.25, -0.2) is 9.59 Å². The van der Waals surface area contributed by atoms with Crippen LogP contribution in [0.2, 0.25) is 0 Å². The number of carbonyl (C=O) groups excluding carboxylic acids is 7. The highest BCUT2D eigenvalue weighted by molar-refractivity contribution is 5.96. The van der Waals surface area contributed by atoms with Crippen LogP contribution in [0.5, 0.6) is 5.75 Å². The van der Waals surface area contributed by atoms with Crippen LogP contribution in [-0.4, -0.2) is 119 Å². The number of phenols is 1. The second-order valence-corrected chi connectivity index (χ2v) is 16.1. The van der Waals surface area contributed by atoms with Crippen molar-refractivity contribution >= 4 is 47.5 Å². The Balaban J connectivity index is 2.08. The van der Waals surface area contributed by atoms with Crippen molar-refractivity contribution in [2.45, 2.75) is 129 Å². The highest BCUT2D eigenvalue weighted by atomic mass is 16.5. The van der Waals surface area contributed by atoms with Crippen molar-refractivity contribution < 1.29 is 53.3 Å². The van der Waals surface area contributed by atoms with Crippen LogP contribution >= 0.6 is 0 Å². The molecule has 0 saturated carbocycles. The van der Waals surface area contributed by atoms with Gasteiger partial charge in [0.25, 0.3) is 0 Å². The number of likely N-dealkylation sites (N-methyl/N-ethyl adjacent to an activating group) is 1. The number of ether oxygens (including phenoxy) is 1. The zero-order valence-corrected chi connectivity index (χ0v) is 37.1. The summed E-state index contributed by atoms with van der Waals surface area (Å²) in [6.07, 6.45) is 2.20. The van der Waals surface area contributed by atoms with Gasteiger partial charge >= 0.3 is 18.0 Å². The molecule has 18 nitrogen and oxygen atoms in total. The minimum atomic E-state index is -1.37. The summed E-state index contributed by atoms with van der Waals surface area (Å²) in [5.74, 6) is -6.24. The number of carbonyl (C=O) groups is 8. The first-order chi connectivity index (χ1) is 29.9. The summed E-state index contributed by atoms with van der Waals surface area (Å²) >= 11 is 0. The van der Waals surface area contributed by atoms with Crippen LogP contribution in [0.15, 0.2) is 54.6 Å². The van der Waals surface area contributed by atoms with Crippen LogP contribution in [0.25, 0.3) is 0 Å². The molecular formula is C45H65N7O11. The molecule has 0 unspecified atom stereocenters. The number of esters is 1. The molecule has 0 radical (unpaired) electrons. The number of carboxylic acids is 1. The van der Waals surface area contributed by atoms with E-state index >= 15 is 0 Å². The lowest BCUT2D eigenvalue weighted by molar-refractivity contribution is -0.146. The molecule has 1 heterocycles. The molecular weight excluding hydrogens is 815 g/mol. The van der Waals surface area contributed by atoms with Crippen molar-refractivity contribution in [1.29, 1.82) is 0 Å². The number of aromatic hydroxyl groups is 1. The normalized spacial score (nSPS) is 22.3. The molecule has 1 fully saturated rings. The van der Waals surface area contributed by atoms with E-state index in [9.17, 15) is 48.6 Å². The van der Waals surface area contributed by atoms with Gasteiger partial charge in [0.2, 0.25) is 29.5 Å². The van der Waals surface area contributed by atoms with Gasteiger partial charge in [-0.05, 0) is 80.0 Å². The first-order valence-electron chi connectivity index (χ1n) is 21.7. The third kappa shape index (κ3) is 16.5. The molecule has 0 aliphatic carbocycles. The highest BCUT2D eigenvalue weighted by Gasteiger charge is 2.37. The quantitative estimate of drug-likeness (QED) is 0.120. The lowest BCUT2D eigenvalue weighted by Crippen LogP contribution is -2.61. The summed E-state index contributed by atoms with van der Waals surface area (Å²) in [5.41, 5.74) is 1.62. The van der Waals surface area contributed by atoms with E-state index in [0.717, 1.165) is 18.1 Å². The Labute approximate surface area is 369 Å². The molecule has 0 spiro atoms. The van der Waals surface area contributed by atoms with Crippen molar-refractivity contribution in [2.75, 3.05) is 20.2 Å². The summed E-state index contributed by atoms with van der Waals surface area (Å²) in [5, 5.41) is 35.7. The predicted octanol–water partition coefficient (Wildman–Crippen LogP) is 2.32. The third-order valence-electron chi connectivity index (χ3n) is 11.4. The molecule has 0 aromatic heterocycles. The minimum Gasteiger partial charge on any atom is -0.508 e. The van der Waals surface area contributed by atoms with Gasteiger partial charge in [0.05, 0.1) is 0 Å². The van der Waals surface area contributed by atoms with Gasteiger partial charge in [-0.1, -0.05) is 83.0 Å². The number of carboxylic acid groups (broad SMARTS) is 1. The average molecular weight is 880 g/mol. The fourth-order valence-corrected chi connectivity index (χ4v) is 7.05. The molecule has 7 amide bonds. The van der Waals surface area contributed by atoms with E-state index in [4.69, 9.17) is 4.74 Å². The number of nitrogens with one attached hydrogen (secondary N) is 6. The SMILES string of the molecule is CC[C@@H](C)[C@H]1NC(=O)[C@@H](NC(=O)N[C@@H](C(=O)O)[C@@H](C)CC)CCCCNC(=O)[C@H](COC(C)=O)NC(=O)[C@H](CCc2ccc(O)cc2)N(C)C(=O)[C@@H](CCc2ccccc2)NC1=O. The highest BCUT2D eigenvalue weighted by Crippen LogP contribution is 2.18. The van der Waals surface area contributed by atoms with E-state index in [1.54, 1.807) is 32.9 Å². The van der Waals surface area contributed by atoms with Gasteiger partial charge in [0.15, 0.2) is 0 Å². The summed E-state index contributed by atoms with van der Waals surface area (Å²) in [4.78, 5) is 109. The summed E-state index contributed by atoms with van der Waals surface area (Å²) in [6.45, 7) is 7.71. The molecule has 0 bridgehead atoms. The maximum absolute atomic E-state index is 14.7. The average Bonchev–Trinajstić information content (AvgIpc) is 3.26. The standard InChI is InChI=1S/C45H65N7O11/c1-7-27(3)37-42(58)47-34(23-19-30-14-10-9-11-15-30)43(59)52(6)36(24-20-31-17-21-32(54)22-18-31)41(57)48-35(26-63-29(5)53)39(55)46-25-13-12-16-33(40(56)50-37)49-45(62)51-38(44(60)61)28(4)8-2/h9-11,14-15,17-18,21-22,27-28,33-38,54H,7-8,12-13,16,19-20,23-26H2,1-6H3,(H,46,55)(H,47,58)(H,48,57)(H,50,56)(H,60,61)(H2,49,51,62)/t27-,28+,33+,34-,35+,36+,37-,38-/m1/s1. The Bertz CT molecular complexity index is 1860. The van der Waals surface area contributed by atoms with E-state index in [-0.39, 0.29) is 50.8 Å². The Hall–Kier alpha value is -6.20. The maximum atomic E-state index is 14.7. The van der Waals surface area contributed by atoms with Crippen LogP contribution < -0.4 is 31.9 Å². The predicted molar refractivity (Wildman–Crippen MR) is 233 cm³/mol. The van der Waals surface area contributed by atoms with E-state index < -0.39 is 102 Å². The number of aliphatic carboxylic acids is 1. The monoisotopic (exact) mass is 879 g/mol. The summed E-state index contributed by atoms with van der Waals surface area (Å²) in [6, 6.07) is 7.22. The van der Waals surface area contributed by atoms with Crippen molar-refractivity contribution in [3.05, 3.63) is 65.7 Å². The zero-order valence-electron chi connectivity index (χ0n) is 37.1. The number of amides is 7. The Morgan fingerprint density at radius 3 is 2.06 bits per heavy atom. The lowest BCUT2D eigenvalue weighted by Gasteiger charge is -2.33. The molecule has 1 aliphatic heterocycles. The molecule has 1 saturated heterocycles. The number of benzene rings is 2. The number of hydrogen-bond acceptors (Lipinski definition) is 10. The molecule has 2 aromatic rings. The van der Waals surface area contributed by atoms with Crippen LogP contribution in [0, 0.1) is 11.8 Å². The third-order valence-corrected chi connectivity index (χ3v) is 11.4. The van der Waals surface area contributed by atoms with Crippen molar-refractivity contribution in [3.8, 4) is 5.75 Å². The minimum absolute atomic E-state index is 0.0182. The molecule has 1 aliphatic rings. The summed E-state index contributed by atoms with van der Waals surface area (Å²) in [7, 11) is 1.42. The van der Waals surface area contributed by atoms with Gasteiger partial charge in [-0.3, -0.25) is 28.8 Å². The Morgan fingerprint density at radius 2 is 1.44 bits per heavy atom. The number of hydrogen-bond donors (Lipinski definition) is 8. The smallest absolute Gasteiger partial charge is 0.326 e. The number of aryl methyl sites for hydroxylation is 2. The number of nitrogens with zero attached hydrogens (tertiary/aromatic N) is 1. The van der Waals surface area contributed by atoms with E-state index in [1.807, 2.05) is 37.3 Å². The Morgan fingerprint density at radius 1 is 0.810 bits per heavy atom. The summed E-state index contributed by atoms with van der Waals surface area (Å²) < 4.78 is 5.15. The van der Waals surface area contributed by atoms with Gasteiger partial charge in [-0.2, -0.15) is 0 Å². The first kappa shape index (κ1) is 51.2. The van der Waals surface area contributed by atoms with Crippen LogP contribution in [-0.2, 0) is 51.1 Å². The molecule has 18 heteroatoms. The number of rotatable bonds is 15. The molecule has 2 aromatic carbocycles. The second kappa shape index (κ2) is 25.7. The van der Waals surface area contributed by atoms with E-state index in [0.29, 0.717) is 19.3 Å². The van der Waals surface area contributed by atoms with Crippen molar-refractivity contribution in [3.63, 3.8) is 0 Å². The van der Waals surface area contributed by atoms with Gasteiger partial charge in [-0.15, -0.1) is 0 Å². The fraction of sp³-hybridized carbons (Fsp3) is 0.556. The largest absolute Gasteiger partial charge is 0.508 e. The van der Waals surface area contributed by atoms with Gasteiger partial charge < -0.3 is 51.8 Å². The molecule has 346 valence electrons. The van der Waals surface area contributed by atoms with E-state index in [1.165, 1.54) is 24.1 Å². The van der Waals surface area contributed by atoms with Crippen LogP contribution in [0.1, 0.15) is 90.7 Å². The Kier molecular flexibility index (Phi) is 20.8. The van der Waals surface area contributed by atoms with Crippen LogP contribution in [0.4, 0.5) is 4.79 Å². The number of phenolic OH excluding ortho intramolecular Hbond substituents is 1. The van der Waals surface area contributed by atoms with Gasteiger partial charge in [0.1, 0.15) is 48.6 Å². The molecule has 3 rings (SSSR count). The van der Waals surface area contributed by atoms with Crippen molar-refractivity contribution in [2.24, 2.45) is 11.8 Å². The topological polar surface area (TPSA) is 262 Å². The maximum Gasteiger partial charge on any atom is 0.326 e. The van der Waals surface area contributed by atoms with Crippen molar-refractivity contribution in [1.82, 2.24) is 36.8 Å². The first-order valence-corrected chi connectivity index (χ1v) is 21.7.